The molecule has 1 aliphatic heterocycles. The third kappa shape index (κ3) is 2.80. The van der Waals surface area contributed by atoms with Crippen LogP contribution < -0.4 is 0 Å². The maximum absolute atomic E-state index is 11.0. The predicted molar refractivity (Wildman–Crippen MR) is 64.9 cm³/mol. The van der Waals surface area contributed by atoms with Crippen LogP contribution in [-0.2, 0) is 9.53 Å². The lowest BCUT2D eigenvalue weighted by Crippen LogP contribution is -2.53. The Labute approximate surface area is 103 Å². The molecule has 4 unspecified atom stereocenters. The maximum Gasteiger partial charge on any atom is 0.334 e. The summed E-state index contributed by atoms with van der Waals surface area (Å²) in [5, 5.41) is 9.02. The minimum atomic E-state index is -0.828. The third-order valence-electron chi connectivity index (χ3n) is 4.51. The van der Waals surface area contributed by atoms with Crippen molar-refractivity contribution < 1.29 is 14.6 Å². The standard InChI is InChI=1S/C13H23NO3/c1-9-4-3-5-11(10(9)2)14-6-7-17-12(8-14)13(15)16/h9-12H,3-8H2,1-2H3,(H,15,16). The Balaban J connectivity index is 1.98. The molecule has 1 saturated heterocycles. The van der Waals surface area contributed by atoms with Crippen molar-refractivity contribution in [2.24, 2.45) is 11.8 Å². The molecular weight excluding hydrogens is 218 g/mol. The second-order valence-corrected chi connectivity index (χ2v) is 5.53. The van der Waals surface area contributed by atoms with Crippen LogP contribution in [0.1, 0.15) is 33.1 Å². The van der Waals surface area contributed by atoms with E-state index in [1.807, 2.05) is 0 Å². The Morgan fingerprint density at radius 1 is 1.35 bits per heavy atom. The lowest BCUT2D eigenvalue weighted by Gasteiger charge is -2.44. The normalized spacial score (nSPS) is 40.1. The largest absolute Gasteiger partial charge is 0.479 e. The molecule has 1 aliphatic carbocycles. The highest BCUT2D eigenvalue weighted by Crippen LogP contribution is 2.33. The number of carboxylic acid groups (broad SMARTS) is 1. The Kier molecular flexibility index (Phi) is 4.05. The van der Waals surface area contributed by atoms with Crippen LogP contribution in [0.3, 0.4) is 0 Å². The fourth-order valence-electron chi connectivity index (χ4n) is 3.19. The van der Waals surface area contributed by atoms with Crippen LogP contribution in [0.15, 0.2) is 0 Å². The third-order valence-corrected chi connectivity index (χ3v) is 4.51. The molecule has 2 rings (SSSR count). The van der Waals surface area contributed by atoms with Gasteiger partial charge >= 0.3 is 5.97 Å². The van der Waals surface area contributed by atoms with Gasteiger partial charge in [-0.05, 0) is 18.3 Å². The van der Waals surface area contributed by atoms with Crippen molar-refractivity contribution >= 4 is 5.97 Å². The predicted octanol–water partition coefficient (Wildman–Crippen LogP) is 1.60. The first kappa shape index (κ1) is 12.8. The SMILES string of the molecule is CC1CCCC(N2CCOC(C(=O)O)C2)C1C. The number of hydrogen-bond donors (Lipinski definition) is 1. The van der Waals surface area contributed by atoms with Crippen molar-refractivity contribution in [1.29, 1.82) is 0 Å². The van der Waals surface area contributed by atoms with Gasteiger partial charge in [0, 0.05) is 19.1 Å². The van der Waals surface area contributed by atoms with Gasteiger partial charge in [-0.1, -0.05) is 26.7 Å². The molecule has 0 radical (unpaired) electrons. The summed E-state index contributed by atoms with van der Waals surface area (Å²) in [5.41, 5.74) is 0. The Bertz CT molecular complexity index is 282. The van der Waals surface area contributed by atoms with E-state index in [1.165, 1.54) is 19.3 Å². The smallest absolute Gasteiger partial charge is 0.334 e. The highest BCUT2D eigenvalue weighted by Gasteiger charge is 2.35. The summed E-state index contributed by atoms with van der Waals surface area (Å²) in [4.78, 5) is 13.3. The van der Waals surface area contributed by atoms with E-state index < -0.39 is 12.1 Å². The van der Waals surface area contributed by atoms with E-state index in [4.69, 9.17) is 9.84 Å². The molecule has 0 bridgehead atoms. The van der Waals surface area contributed by atoms with Gasteiger partial charge in [0.1, 0.15) is 0 Å². The number of ether oxygens (including phenoxy) is 1. The number of morpholine rings is 1. The molecule has 0 aromatic heterocycles. The Morgan fingerprint density at radius 2 is 2.12 bits per heavy atom. The quantitative estimate of drug-likeness (QED) is 0.797. The average molecular weight is 241 g/mol. The Morgan fingerprint density at radius 3 is 2.82 bits per heavy atom. The van der Waals surface area contributed by atoms with E-state index in [-0.39, 0.29) is 0 Å². The summed E-state index contributed by atoms with van der Waals surface area (Å²) in [6.45, 7) is 6.60. The maximum atomic E-state index is 11.0. The van der Waals surface area contributed by atoms with Gasteiger partial charge in [-0.3, -0.25) is 4.90 Å². The second-order valence-electron chi connectivity index (χ2n) is 5.53. The minimum Gasteiger partial charge on any atom is -0.479 e. The van der Waals surface area contributed by atoms with Crippen LogP contribution in [0, 0.1) is 11.8 Å². The number of hydrogen-bond acceptors (Lipinski definition) is 3. The van der Waals surface area contributed by atoms with E-state index in [1.54, 1.807) is 0 Å². The number of aliphatic carboxylic acids is 1. The van der Waals surface area contributed by atoms with Gasteiger partial charge in [-0.15, -0.1) is 0 Å². The molecule has 1 saturated carbocycles. The summed E-state index contributed by atoms with van der Waals surface area (Å²) in [5.74, 6) is 0.586. The van der Waals surface area contributed by atoms with E-state index in [9.17, 15) is 4.79 Å². The lowest BCUT2D eigenvalue weighted by molar-refractivity contribution is -0.158. The van der Waals surface area contributed by atoms with Crippen molar-refractivity contribution in [3.8, 4) is 0 Å². The van der Waals surface area contributed by atoms with Gasteiger partial charge in [0.2, 0.25) is 0 Å². The van der Waals surface area contributed by atoms with E-state index in [0.29, 0.717) is 25.1 Å². The fourth-order valence-corrected chi connectivity index (χ4v) is 3.19. The van der Waals surface area contributed by atoms with Crippen molar-refractivity contribution in [3.05, 3.63) is 0 Å². The molecule has 4 nitrogen and oxygen atoms in total. The highest BCUT2D eigenvalue weighted by atomic mass is 16.5. The van der Waals surface area contributed by atoms with Crippen LogP contribution in [0.4, 0.5) is 0 Å². The highest BCUT2D eigenvalue weighted by molar-refractivity contribution is 5.72. The topological polar surface area (TPSA) is 49.8 Å². The lowest BCUT2D eigenvalue weighted by atomic mass is 9.77. The summed E-state index contributed by atoms with van der Waals surface area (Å²) in [6, 6.07) is 0.546. The zero-order valence-corrected chi connectivity index (χ0v) is 10.8. The second kappa shape index (κ2) is 5.36. The summed E-state index contributed by atoms with van der Waals surface area (Å²) >= 11 is 0. The van der Waals surface area contributed by atoms with Gasteiger partial charge < -0.3 is 9.84 Å². The van der Waals surface area contributed by atoms with Gasteiger partial charge in [0.25, 0.3) is 0 Å². The average Bonchev–Trinajstić information content (AvgIpc) is 2.33. The molecular formula is C13H23NO3. The molecule has 0 aromatic rings. The zero-order chi connectivity index (χ0) is 12.4. The molecule has 0 amide bonds. The van der Waals surface area contributed by atoms with Crippen molar-refractivity contribution in [2.45, 2.75) is 45.3 Å². The van der Waals surface area contributed by atoms with Crippen LogP contribution in [0.5, 0.6) is 0 Å². The zero-order valence-electron chi connectivity index (χ0n) is 10.8. The summed E-state index contributed by atoms with van der Waals surface area (Å²) < 4.78 is 5.28. The van der Waals surface area contributed by atoms with Gasteiger partial charge in [-0.25, -0.2) is 4.79 Å². The van der Waals surface area contributed by atoms with Crippen LogP contribution >= 0.6 is 0 Å². The molecule has 2 aliphatic rings. The molecule has 98 valence electrons. The fraction of sp³-hybridized carbons (Fsp3) is 0.923. The van der Waals surface area contributed by atoms with Crippen LogP contribution in [0.25, 0.3) is 0 Å². The molecule has 0 aromatic carbocycles. The summed E-state index contributed by atoms with van der Waals surface area (Å²) in [7, 11) is 0. The number of nitrogens with zero attached hydrogens (tertiary/aromatic N) is 1. The Hall–Kier alpha value is -0.610. The molecule has 0 spiro atoms. The van der Waals surface area contributed by atoms with Crippen molar-refractivity contribution in [2.75, 3.05) is 19.7 Å². The molecule has 17 heavy (non-hydrogen) atoms. The first-order valence-corrected chi connectivity index (χ1v) is 6.68. The minimum absolute atomic E-state index is 0.546. The van der Waals surface area contributed by atoms with E-state index >= 15 is 0 Å². The van der Waals surface area contributed by atoms with Crippen molar-refractivity contribution in [1.82, 2.24) is 4.90 Å². The van der Waals surface area contributed by atoms with E-state index in [0.717, 1.165) is 12.5 Å². The summed E-state index contributed by atoms with van der Waals surface area (Å²) in [6.07, 6.45) is 3.15. The number of rotatable bonds is 2. The van der Waals surface area contributed by atoms with Crippen molar-refractivity contribution in [3.63, 3.8) is 0 Å². The molecule has 1 N–H and O–H groups in total. The van der Waals surface area contributed by atoms with Crippen LogP contribution in [-0.4, -0.2) is 47.8 Å². The first-order chi connectivity index (χ1) is 8.09. The molecule has 4 atom stereocenters. The van der Waals surface area contributed by atoms with Crippen LogP contribution in [0.2, 0.25) is 0 Å². The molecule has 2 fully saturated rings. The molecule has 4 heteroatoms. The van der Waals surface area contributed by atoms with E-state index in [2.05, 4.69) is 18.7 Å². The number of carbonyl (C=O) groups is 1. The molecule has 1 heterocycles. The number of carboxylic acids is 1. The monoisotopic (exact) mass is 241 g/mol. The van der Waals surface area contributed by atoms with Gasteiger partial charge in [0.05, 0.1) is 6.61 Å². The van der Waals surface area contributed by atoms with Gasteiger partial charge in [-0.2, -0.15) is 0 Å². The first-order valence-electron chi connectivity index (χ1n) is 6.68. The van der Waals surface area contributed by atoms with Gasteiger partial charge in [0.15, 0.2) is 6.10 Å².